The van der Waals surface area contributed by atoms with Gasteiger partial charge in [-0.3, -0.25) is 4.79 Å². The summed E-state index contributed by atoms with van der Waals surface area (Å²) in [6.07, 6.45) is -13.7. The van der Waals surface area contributed by atoms with E-state index in [2.05, 4.69) is 5.32 Å². The van der Waals surface area contributed by atoms with Gasteiger partial charge in [0.05, 0.1) is 13.2 Å². The van der Waals surface area contributed by atoms with Crippen molar-refractivity contribution in [2.24, 2.45) is 0 Å². The van der Waals surface area contributed by atoms with Gasteiger partial charge in [-0.25, -0.2) is 0 Å². The number of hydrogen-bond acceptors (Lipinski definition) is 11. The van der Waals surface area contributed by atoms with Crippen LogP contribution in [0.2, 0.25) is 0 Å². The van der Waals surface area contributed by atoms with Gasteiger partial charge in [-0.2, -0.15) is 0 Å². The van der Waals surface area contributed by atoms with E-state index in [0.717, 1.165) is 6.92 Å². The Bertz CT molecular complexity index is 480. The van der Waals surface area contributed by atoms with Crippen LogP contribution in [0.4, 0.5) is 0 Å². The highest BCUT2D eigenvalue weighted by atomic mass is 16.7. The molecule has 0 aliphatic carbocycles. The van der Waals surface area contributed by atoms with E-state index in [1.165, 1.54) is 0 Å². The molecule has 2 fully saturated rings. The molecular weight excluding hydrogens is 358 g/mol. The normalized spacial score (nSPS) is 46.8. The zero-order chi connectivity index (χ0) is 19.6. The molecule has 0 aromatic rings. The maximum atomic E-state index is 11.4. The Kier molecular flexibility index (Phi) is 7.27. The second-order valence-electron chi connectivity index (χ2n) is 6.26. The molecule has 0 aromatic carbocycles. The molecule has 8 N–H and O–H groups in total. The van der Waals surface area contributed by atoms with E-state index in [1.807, 2.05) is 0 Å². The lowest BCUT2D eigenvalue weighted by molar-refractivity contribution is -0.341. The Morgan fingerprint density at radius 3 is 2.04 bits per heavy atom. The molecule has 2 aliphatic heterocycles. The van der Waals surface area contributed by atoms with Crippen LogP contribution in [0.5, 0.6) is 0 Å². The van der Waals surface area contributed by atoms with Crippen LogP contribution in [0.15, 0.2) is 0 Å². The average Bonchev–Trinajstić information content (AvgIpc) is 2.60. The lowest BCUT2D eigenvalue weighted by Crippen LogP contribution is -2.67. The number of hydrogen-bond donors (Lipinski definition) is 8. The summed E-state index contributed by atoms with van der Waals surface area (Å²) < 4.78 is 15.6. The van der Waals surface area contributed by atoms with Crippen molar-refractivity contribution in [3.05, 3.63) is 0 Å². The lowest BCUT2D eigenvalue weighted by Gasteiger charge is -2.46. The molecule has 12 nitrogen and oxygen atoms in total. The number of carbonyl (C=O) groups excluding carboxylic acids is 1. The van der Waals surface area contributed by atoms with Crippen LogP contribution in [0, 0.1) is 0 Å². The first-order valence-corrected chi connectivity index (χ1v) is 8.06. The molecule has 12 heteroatoms. The summed E-state index contributed by atoms with van der Waals surface area (Å²) in [7, 11) is 0. The summed E-state index contributed by atoms with van der Waals surface area (Å²) in [5.74, 6) is -0.581. The average molecular weight is 383 g/mol. The Hall–Kier alpha value is -0.930. The molecule has 26 heavy (non-hydrogen) atoms. The van der Waals surface area contributed by atoms with Crippen molar-refractivity contribution >= 4 is 5.91 Å². The van der Waals surface area contributed by atoms with Gasteiger partial charge in [0, 0.05) is 6.92 Å². The van der Waals surface area contributed by atoms with Crippen LogP contribution in [0.25, 0.3) is 0 Å². The second-order valence-corrected chi connectivity index (χ2v) is 6.26. The molecule has 152 valence electrons. The van der Waals surface area contributed by atoms with E-state index in [-0.39, 0.29) is 0 Å². The number of aliphatic hydroxyl groups is 7. The highest BCUT2D eigenvalue weighted by Crippen LogP contribution is 2.28. The smallest absolute Gasteiger partial charge is 0.217 e. The third kappa shape index (κ3) is 4.31. The first kappa shape index (κ1) is 21.4. The minimum absolute atomic E-state index is 0.581. The van der Waals surface area contributed by atoms with Gasteiger partial charge in [-0.15, -0.1) is 0 Å². The molecule has 2 aliphatic rings. The third-order valence-electron chi connectivity index (χ3n) is 4.38. The fourth-order valence-electron chi connectivity index (χ4n) is 2.97. The topological polar surface area (TPSA) is 198 Å². The van der Waals surface area contributed by atoms with Gasteiger partial charge in [0.15, 0.2) is 12.6 Å². The van der Waals surface area contributed by atoms with Crippen molar-refractivity contribution in [1.82, 2.24) is 5.32 Å². The number of ether oxygens (including phenoxy) is 3. The number of amides is 1. The van der Waals surface area contributed by atoms with Gasteiger partial charge in [-0.05, 0) is 0 Å². The summed E-state index contributed by atoms with van der Waals surface area (Å²) >= 11 is 0. The molecule has 2 heterocycles. The number of aliphatic hydroxyl groups excluding tert-OH is 7. The second kappa shape index (κ2) is 8.84. The van der Waals surface area contributed by atoms with Crippen LogP contribution in [0.3, 0.4) is 0 Å². The van der Waals surface area contributed by atoms with Gasteiger partial charge >= 0.3 is 0 Å². The minimum atomic E-state index is -1.77. The lowest BCUT2D eigenvalue weighted by atomic mass is 9.95. The highest BCUT2D eigenvalue weighted by Gasteiger charge is 2.50. The van der Waals surface area contributed by atoms with E-state index >= 15 is 0 Å². The van der Waals surface area contributed by atoms with Crippen LogP contribution >= 0.6 is 0 Å². The van der Waals surface area contributed by atoms with Gasteiger partial charge < -0.3 is 55.3 Å². The first-order valence-electron chi connectivity index (χ1n) is 8.06. The van der Waals surface area contributed by atoms with Gasteiger partial charge in [-0.1, -0.05) is 0 Å². The van der Waals surface area contributed by atoms with Crippen molar-refractivity contribution in [1.29, 1.82) is 0 Å². The highest BCUT2D eigenvalue weighted by molar-refractivity contribution is 5.73. The third-order valence-corrected chi connectivity index (χ3v) is 4.38. The van der Waals surface area contributed by atoms with Gasteiger partial charge in [0.1, 0.15) is 48.8 Å². The number of rotatable bonds is 5. The standard InChI is InChI=1S/C14H25NO11/c1-4(18)15-7-10(21)8(19)5(2-16)25-14(7)26-12-9(20)6(3-17)24-13(23)11(12)22/h5-14,16-17,19-23H,2-3H2,1H3,(H,15,18)/t5-,6-,7-,8+,9+,10-,11-,12+,13?,14+/m1/s1. The molecule has 0 saturated carbocycles. The molecule has 1 amide bonds. The number of nitrogens with one attached hydrogen (secondary N) is 1. The van der Waals surface area contributed by atoms with Crippen LogP contribution in [-0.2, 0) is 19.0 Å². The minimum Gasteiger partial charge on any atom is -0.394 e. The van der Waals surface area contributed by atoms with Crippen molar-refractivity contribution in [3.63, 3.8) is 0 Å². The molecule has 1 unspecified atom stereocenters. The molecule has 0 radical (unpaired) electrons. The van der Waals surface area contributed by atoms with E-state index in [9.17, 15) is 40.5 Å². The Labute approximate surface area is 148 Å². The largest absolute Gasteiger partial charge is 0.394 e. The van der Waals surface area contributed by atoms with E-state index < -0.39 is 80.5 Å². The first-order chi connectivity index (χ1) is 12.2. The van der Waals surface area contributed by atoms with E-state index in [4.69, 9.17) is 14.2 Å². The summed E-state index contributed by atoms with van der Waals surface area (Å²) in [5, 5.41) is 70.8. The monoisotopic (exact) mass is 383 g/mol. The zero-order valence-corrected chi connectivity index (χ0v) is 14.0. The predicted molar refractivity (Wildman–Crippen MR) is 80.2 cm³/mol. The summed E-state index contributed by atoms with van der Waals surface area (Å²) in [6, 6.07) is -1.29. The van der Waals surface area contributed by atoms with Crippen molar-refractivity contribution in [2.45, 2.75) is 68.3 Å². The Morgan fingerprint density at radius 1 is 0.923 bits per heavy atom. The Balaban J connectivity index is 2.22. The molecule has 0 bridgehead atoms. The quantitative estimate of drug-likeness (QED) is 0.226. The maximum Gasteiger partial charge on any atom is 0.217 e. The molecule has 10 atom stereocenters. The van der Waals surface area contributed by atoms with Crippen molar-refractivity contribution in [3.8, 4) is 0 Å². The SMILES string of the molecule is CC(=O)N[C@H]1[C@H](O[C@H]2[C@@H](O)[C@@H](CO)OC(O)[C@@H]2O)O[C@H](CO)[C@H](O)[C@@H]1O. The summed E-state index contributed by atoms with van der Waals surface area (Å²) in [5.41, 5.74) is 0. The summed E-state index contributed by atoms with van der Waals surface area (Å²) in [4.78, 5) is 11.4. The van der Waals surface area contributed by atoms with E-state index in [1.54, 1.807) is 0 Å². The molecule has 2 saturated heterocycles. The maximum absolute atomic E-state index is 11.4. The van der Waals surface area contributed by atoms with Crippen molar-refractivity contribution in [2.75, 3.05) is 13.2 Å². The predicted octanol–water partition coefficient (Wildman–Crippen LogP) is -5.25. The number of carbonyl (C=O) groups is 1. The van der Waals surface area contributed by atoms with Gasteiger partial charge in [0.25, 0.3) is 0 Å². The van der Waals surface area contributed by atoms with Crippen LogP contribution in [0.1, 0.15) is 6.92 Å². The zero-order valence-electron chi connectivity index (χ0n) is 14.0. The fourth-order valence-corrected chi connectivity index (χ4v) is 2.97. The van der Waals surface area contributed by atoms with Crippen LogP contribution < -0.4 is 5.32 Å². The van der Waals surface area contributed by atoms with Gasteiger partial charge in [0.2, 0.25) is 5.91 Å². The molecular formula is C14H25NO11. The molecule has 0 spiro atoms. The van der Waals surface area contributed by atoms with Crippen molar-refractivity contribution < 1.29 is 54.8 Å². The van der Waals surface area contributed by atoms with Crippen LogP contribution in [-0.4, -0.2) is 116 Å². The Morgan fingerprint density at radius 2 is 1.50 bits per heavy atom. The van der Waals surface area contributed by atoms with E-state index in [0.29, 0.717) is 0 Å². The molecule has 0 aromatic heterocycles. The molecule has 2 rings (SSSR count). The summed E-state index contributed by atoms with van der Waals surface area (Å²) in [6.45, 7) is -0.199. The fraction of sp³-hybridized carbons (Fsp3) is 0.929.